The molecule has 0 aliphatic rings. The molecule has 0 unspecified atom stereocenters. The quantitative estimate of drug-likeness (QED) is 0.563. The second kappa shape index (κ2) is 7.64. The maximum atomic E-state index is 12.2. The van der Waals surface area contributed by atoms with Gasteiger partial charge in [0.1, 0.15) is 5.82 Å². The minimum absolute atomic E-state index is 0.0278. The van der Waals surface area contributed by atoms with Crippen molar-refractivity contribution in [3.8, 4) is 11.3 Å². The summed E-state index contributed by atoms with van der Waals surface area (Å²) in [5.41, 5.74) is 3.94. The maximum Gasteiger partial charge on any atom is 0.222 e. The van der Waals surface area contributed by atoms with E-state index in [0.29, 0.717) is 25.3 Å². The van der Waals surface area contributed by atoms with Crippen molar-refractivity contribution in [2.24, 2.45) is 7.05 Å². The Morgan fingerprint density at radius 2 is 2.07 bits per heavy atom. The van der Waals surface area contributed by atoms with Gasteiger partial charge in [0.25, 0.3) is 0 Å². The Balaban J connectivity index is 1.56. The standard InChI is InChI=1S/C21H22N6O/c1-15-22-12-16(13-23-20(28)8-11-27-10-5-9-24-27)21(25-15)18-14-26(2)19-7-4-3-6-17(18)19/h3-7,9-10,12,14H,8,11,13H2,1-2H3,(H,23,28). The molecule has 3 heterocycles. The molecule has 0 fully saturated rings. The van der Waals surface area contributed by atoms with E-state index in [1.165, 1.54) is 0 Å². The van der Waals surface area contributed by atoms with Gasteiger partial charge in [-0.2, -0.15) is 5.10 Å². The zero-order chi connectivity index (χ0) is 19.5. The van der Waals surface area contributed by atoms with Crippen molar-refractivity contribution >= 4 is 16.8 Å². The first-order valence-corrected chi connectivity index (χ1v) is 9.23. The number of carbonyl (C=O) groups excluding carboxylic acids is 1. The van der Waals surface area contributed by atoms with E-state index in [-0.39, 0.29) is 5.91 Å². The molecule has 4 aromatic rings. The topological polar surface area (TPSA) is 77.6 Å². The van der Waals surface area contributed by atoms with Crippen LogP contribution in [0.3, 0.4) is 0 Å². The Bertz CT molecular complexity index is 1110. The predicted molar refractivity (Wildman–Crippen MR) is 107 cm³/mol. The summed E-state index contributed by atoms with van der Waals surface area (Å²) in [4.78, 5) is 21.3. The Hall–Kier alpha value is -3.48. The molecule has 3 aromatic heterocycles. The van der Waals surface area contributed by atoms with Crippen molar-refractivity contribution in [1.82, 2.24) is 29.6 Å². The Morgan fingerprint density at radius 3 is 2.89 bits per heavy atom. The fourth-order valence-corrected chi connectivity index (χ4v) is 3.32. The number of hydrogen-bond acceptors (Lipinski definition) is 4. The van der Waals surface area contributed by atoms with E-state index in [4.69, 9.17) is 0 Å². The molecular weight excluding hydrogens is 352 g/mol. The number of amides is 1. The highest BCUT2D eigenvalue weighted by Crippen LogP contribution is 2.30. The maximum absolute atomic E-state index is 12.2. The van der Waals surface area contributed by atoms with Crippen LogP contribution < -0.4 is 5.32 Å². The number of rotatable bonds is 6. The van der Waals surface area contributed by atoms with Crippen LogP contribution >= 0.6 is 0 Å². The van der Waals surface area contributed by atoms with E-state index in [1.807, 2.05) is 38.4 Å². The van der Waals surface area contributed by atoms with Crippen molar-refractivity contribution in [3.63, 3.8) is 0 Å². The van der Waals surface area contributed by atoms with E-state index < -0.39 is 0 Å². The molecule has 1 N–H and O–H groups in total. The first-order valence-electron chi connectivity index (χ1n) is 9.23. The highest BCUT2D eigenvalue weighted by Gasteiger charge is 2.15. The predicted octanol–water partition coefficient (Wildman–Crippen LogP) is 2.85. The van der Waals surface area contributed by atoms with Crippen molar-refractivity contribution in [2.75, 3.05) is 0 Å². The summed E-state index contributed by atoms with van der Waals surface area (Å²) in [6.45, 7) is 2.82. The van der Waals surface area contributed by atoms with Gasteiger partial charge >= 0.3 is 0 Å². The van der Waals surface area contributed by atoms with Crippen LogP contribution in [0.5, 0.6) is 0 Å². The summed E-state index contributed by atoms with van der Waals surface area (Å²) in [6, 6.07) is 10.1. The fourth-order valence-electron chi connectivity index (χ4n) is 3.32. The number of nitrogens with zero attached hydrogens (tertiary/aromatic N) is 5. The summed E-state index contributed by atoms with van der Waals surface area (Å²) < 4.78 is 3.84. The van der Waals surface area contributed by atoms with Crippen molar-refractivity contribution < 1.29 is 4.79 Å². The van der Waals surface area contributed by atoms with Gasteiger partial charge in [-0.3, -0.25) is 9.48 Å². The van der Waals surface area contributed by atoms with Crippen LogP contribution in [0.1, 0.15) is 17.8 Å². The van der Waals surface area contributed by atoms with E-state index in [1.54, 1.807) is 17.1 Å². The smallest absolute Gasteiger partial charge is 0.222 e. The van der Waals surface area contributed by atoms with Gasteiger partial charge in [-0.15, -0.1) is 0 Å². The average molecular weight is 374 g/mol. The molecule has 4 rings (SSSR count). The second-order valence-corrected chi connectivity index (χ2v) is 6.76. The van der Waals surface area contributed by atoms with Crippen LogP contribution in [-0.2, 0) is 24.9 Å². The number of para-hydroxylation sites is 1. The van der Waals surface area contributed by atoms with Crippen LogP contribution in [0.4, 0.5) is 0 Å². The van der Waals surface area contributed by atoms with Gasteiger partial charge in [0, 0.05) is 73.4 Å². The molecule has 7 heteroatoms. The Kier molecular flexibility index (Phi) is 4.89. The van der Waals surface area contributed by atoms with E-state index in [9.17, 15) is 4.79 Å². The molecule has 0 bridgehead atoms. The van der Waals surface area contributed by atoms with Gasteiger partial charge < -0.3 is 9.88 Å². The summed E-state index contributed by atoms with van der Waals surface area (Å²) in [7, 11) is 2.02. The largest absolute Gasteiger partial charge is 0.352 e. The molecule has 0 aliphatic carbocycles. The van der Waals surface area contributed by atoms with Gasteiger partial charge in [-0.05, 0) is 19.1 Å². The molecule has 0 radical (unpaired) electrons. The number of nitrogens with one attached hydrogen (secondary N) is 1. The number of benzene rings is 1. The lowest BCUT2D eigenvalue weighted by Gasteiger charge is -2.10. The molecule has 0 aliphatic heterocycles. The van der Waals surface area contributed by atoms with Crippen LogP contribution in [0.25, 0.3) is 22.2 Å². The lowest BCUT2D eigenvalue weighted by atomic mass is 10.1. The summed E-state index contributed by atoms with van der Waals surface area (Å²) in [5.74, 6) is 0.677. The number of carbonyl (C=O) groups is 1. The first-order chi connectivity index (χ1) is 13.6. The molecule has 0 spiro atoms. The third-order valence-corrected chi connectivity index (χ3v) is 4.74. The SMILES string of the molecule is Cc1ncc(CNC(=O)CCn2cccn2)c(-c2cn(C)c3ccccc23)n1. The van der Waals surface area contributed by atoms with E-state index in [2.05, 4.69) is 43.3 Å². The zero-order valence-electron chi connectivity index (χ0n) is 16.0. The molecular formula is C21H22N6O. The highest BCUT2D eigenvalue weighted by atomic mass is 16.1. The lowest BCUT2D eigenvalue weighted by molar-refractivity contribution is -0.121. The lowest BCUT2D eigenvalue weighted by Crippen LogP contribution is -2.24. The van der Waals surface area contributed by atoms with Crippen LogP contribution in [-0.4, -0.2) is 30.2 Å². The molecule has 1 aromatic carbocycles. The van der Waals surface area contributed by atoms with E-state index in [0.717, 1.165) is 27.7 Å². The third kappa shape index (κ3) is 3.64. The fraction of sp³-hybridized carbons (Fsp3) is 0.238. The van der Waals surface area contributed by atoms with E-state index >= 15 is 0 Å². The van der Waals surface area contributed by atoms with Crippen molar-refractivity contribution in [1.29, 1.82) is 0 Å². The average Bonchev–Trinajstić information content (AvgIpc) is 3.34. The van der Waals surface area contributed by atoms with Crippen LogP contribution in [0.15, 0.2) is 55.1 Å². The number of aryl methyl sites for hydroxylation is 3. The Labute approximate surface area is 163 Å². The minimum Gasteiger partial charge on any atom is -0.352 e. The number of hydrogen-bond donors (Lipinski definition) is 1. The van der Waals surface area contributed by atoms with Gasteiger partial charge in [0.2, 0.25) is 5.91 Å². The van der Waals surface area contributed by atoms with Crippen molar-refractivity contribution in [2.45, 2.75) is 26.4 Å². The first kappa shape index (κ1) is 17.9. The highest BCUT2D eigenvalue weighted by molar-refractivity contribution is 5.95. The molecule has 28 heavy (non-hydrogen) atoms. The minimum atomic E-state index is -0.0278. The second-order valence-electron chi connectivity index (χ2n) is 6.76. The normalized spacial score (nSPS) is 11.1. The molecule has 0 saturated carbocycles. The summed E-state index contributed by atoms with van der Waals surface area (Å²) in [5, 5.41) is 8.23. The molecule has 1 amide bonds. The molecule has 0 atom stereocenters. The van der Waals surface area contributed by atoms with Crippen molar-refractivity contribution in [3.05, 3.63) is 66.5 Å². The van der Waals surface area contributed by atoms with Gasteiger partial charge in [-0.1, -0.05) is 18.2 Å². The molecule has 0 saturated heterocycles. The van der Waals surface area contributed by atoms with Gasteiger partial charge in [0.15, 0.2) is 0 Å². The Morgan fingerprint density at radius 1 is 1.21 bits per heavy atom. The monoisotopic (exact) mass is 374 g/mol. The third-order valence-electron chi connectivity index (χ3n) is 4.74. The summed E-state index contributed by atoms with van der Waals surface area (Å²) in [6.07, 6.45) is 7.80. The number of fused-ring (bicyclic) bond motifs is 1. The van der Waals surface area contributed by atoms with Crippen LogP contribution in [0.2, 0.25) is 0 Å². The zero-order valence-corrected chi connectivity index (χ0v) is 16.0. The summed E-state index contributed by atoms with van der Waals surface area (Å²) >= 11 is 0. The molecule has 7 nitrogen and oxygen atoms in total. The molecule has 142 valence electrons. The van der Waals surface area contributed by atoms with Crippen LogP contribution in [0, 0.1) is 6.92 Å². The van der Waals surface area contributed by atoms with Gasteiger partial charge in [0.05, 0.1) is 5.69 Å². The van der Waals surface area contributed by atoms with Gasteiger partial charge in [-0.25, -0.2) is 9.97 Å². The number of aromatic nitrogens is 5.